The van der Waals surface area contributed by atoms with Crippen LogP contribution in [0.15, 0.2) is 99.1 Å². The smallest absolute Gasteiger partial charge is 0.267 e. The monoisotopic (exact) mass is 403 g/mol. The Morgan fingerprint density at radius 1 is 0.897 bits per heavy atom. The number of nitrogens with zero attached hydrogens (tertiary/aromatic N) is 3. The van der Waals surface area contributed by atoms with E-state index in [0.29, 0.717) is 28.0 Å². The second kappa shape index (κ2) is 8.01. The maximum Gasteiger partial charge on any atom is 0.282 e. The number of hydrogen-bond acceptors (Lipinski definition) is 4. The van der Waals surface area contributed by atoms with Crippen molar-refractivity contribution in [3.63, 3.8) is 0 Å². The van der Waals surface area contributed by atoms with Crippen LogP contribution < -0.4 is 5.56 Å². The average Bonchev–Trinajstić information content (AvgIpc) is 2.77. The predicted molar refractivity (Wildman–Crippen MR) is 116 cm³/mol. The largest absolute Gasteiger partial charge is 0.282 e. The quantitative estimate of drug-likeness (QED) is 0.494. The maximum atomic E-state index is 14.1. The second-order valence-electron chi connectivity index (χ2n) is 6.68. The topological polar surface area (TPSA) is 64.3 Å². The first-order valence-corrected chi connectivity index (χ1v) is 11.1. The number of aryl methyl sites for hydroxylation is 1. The Morgan fingerprint density at radius 2 is 1.52 bits per heavy atom. The summed E-state index contributed by atoms with van der Waals surface area (Å²) in [6.07, 6.45) is 0.499. The Kier molecular flexibility index (Phi) is 5.27. The number of hydrogen-bond donors (Lipinski definition) is 0. The Hall–Kier alpha value is -3.25. The first-order chi connectivity index (χ1) is 14.1. The molecule has 29 heavy (non-hydrogen) atoms. The molecule has 0 radical (unpaired) electrons. The molecular formula is C23H21N3O2S. The highest BCUT2D eigenvalue weighted by molar-refractivity contribution is 7.92. The summed E-state index contributed by atoms with van der Waals surface area (Å²) in [6.45, 7) is 1.91. The van der Waals surface area contributed by atoms with Gasteiger partial charge in [-0.3, -0.25) is 4.79 Å². The molecule has 0 bridgehead atoms. The standard InChI is InChI=1S/C23H21N3O2S/c1-2-22-24-21-16-10-9-15-20(21)23(27)26(22)25-29(28,19-13-7-4-8-14-19)17-18-11-5-3-6-12-18/h3-16H,2,17H2,1H3. The van der Waals surface area contributed by atoms with Crippen molar-refractivity contribution in [1.82, 2.24) is 9.66 Å². The second-order valence-corrected chi connectivity index (χ2v) is 8.89. The third kappa shape index (κ3) is 3.84. The molecule has 0 fully saturated rings. The van der Waals surface area contributed by atoms with Crippen molar-refractivity contribution >= 4 is 20.6 Å². The highest BCUT2D eigenvalue weighted by Crippen LogP contribution is 2.20. The van der Waals surface area contributed by atoms with Crippen LogP contribution in [-0.4, -0.2) is 13.9 Å². The van der Waals surface area contributed by atoms with Gasteiger partial charge in [-0.1, -0.05) is 67.6 Å². The zero-order chi connectivity index (χ0) is 20.3. The highest BCUT2D eigenvalue weighted by atomic mass is 32.2. The summed E-state index contributed by atoms with van der Waals surface area (Å²) >= 11 is 0. The number of rotatable bonds is 5. The van der Waals surface area contributed by atoms with E-state index in [-0.39, 0.29) is 11.3 Å². The minimum atomic E-state index is -2.95. The van der Waals surface area contributed by atoms with Crippen LogP contribution in [0, 0.1) is 0 Å². The minimum absolute atomic E-state index is 0.209. The fraction of sp³-hybridized carbons (Fsp3) is 0.130. The van der Waals surface area contributed by atoms with Crippen LogP contribution in [0.5, 0.6) is 0 Å². The molecule has 6 heteroatoms. The van der Waals surface area contributed by atoms with Gasteiger partial charge in [0.05, 0.1) is 16.7 Å². The third-order valence-corrected chi connectivity index (χ3v) is 6.83. The van der Waals surface area contributed by atoms with Crippen LogP contribution in [-0.2, 0) is 21.9 Å². The number of fused-ring (bicyclic) bond motifs is 1. The molecule has 0 saturated carbocycles. The molecule has 5 nitrogen and oxygen atoms in total. The normalized spacial score (nSPS) is 13.1. The predicted octanol–water partition coefficient (Wildman–Crippen LogP) is 4.45. The summed E-state index contributed by atoms with van der Waals surface area (Å²) in [6, 6.07) is 25.8. The summed E-state index contributed by atoms with van der Waals surface area (Å²) in [4.78, 5) is 18.3. The van der Waals surface area contributed by atoms with Crippen LogP contribution in [0.25, 0.3) is 10.9 Å². The van der Waals surface area contributed by atoms with Gasteiger partial charge in [0.25, 0.3) is 5.56 Å². The van der Waals surface area contributed by atoms with Crippen molar-refractivity contribution in [2.75, 3.05) is 0 Å². The Bertz CT molecular complexity index is 1320. The molecule has 0 aliphatic carbocycles. The molecule has 0 N–H and O–H groups in total. The lowest BCUT2D eigenvalue weighted by molar-refractivity contribution is 0.661. The maximum absolute atomic E-state index is 14.1. The van der Waals surface area contributed by atoms with Crippen molar-refractivity contribution in [2.45, 2.75) is 24.0 Å². The lowest BCUT2D eigenvalue weighted by atomic mass is 10.2. The average molecular weight is 404 g/mol. The SMILES string of the molecule is CCc1nc2ccccc2c(=O)n1N=S(=O)(Cc1ccccc1)c1ccccc1. The van der Waals surface area contributed by atoms with Crippen LogP contribution in [0.1, 0.15) is 18.3 Å². The number of para-hydroxylation sites is 1. The van der Waals surface area contributed by atoms with Crippen molar-refractivity contribution < 1.29 is 4.21 Å². The van der Waals surface area contributed by atoms with E-state index in [9.17, 15) is 9.00 Å². The molecule has 146 valence electrons. The number of benzene rings is 3. The Morgan fingerprint density at radius 3 is 2.21 bits per heavy atom. The van der Waals surface area contributed by atoms with E-state index in [1.165, 1.54) is 4.68 Å². The van der Waals surface area contributed by atoms with Gasteiger partial charge in [-0.25, -0.2) is 9.19 Å². The molecule has 0 amide bonds. The van der Waals surface area contributed by atoms with E-state index in [1.807, 2.05) is 61.5 Å². The van der Waals surface area contributed by atoms with Gasteiger partial charge in [0, 0.05) is 11.3 Å². The van der Waals surface area contributed by atoms with E-state index in [1.54, 1.807) is 30.3 Å². The van der Waals surface area contributed by atoms with E-state index in [2.05, 4.69) is 9.46 Å². The molecule has 0 spiro atoms. The van der Waals surface area contributed by atoms with E-state index in [0.717, 1.165) is 5.56 Å². The molecule has 4 rings (SSSR count). The molecule has 1 unspecified atom stereocenters. The van der Waals surface area contributed by atoms with Crippen molar-refractivity contribution in [3.05, 3.63) is 107 Å². The van der Waals surface area contributed by atoms with E-state index >= 15 is 0 Å². The van der Waals surface area contributed by atoms with Gasteiger partial charge in [0.15, 0.2) is 0 Å². The van der Waals surface area contributed by atoms with Crippen molar-refractivity contribution in [3.8, 4) is 0 Å². The molecule has 4 aromatic rings. The fourth-order valence-corrected chi connectivity index (χ4v) is 5.18. The van der Waals surface area contributed by atoms with Crippen LogP contribution in [0.3, 0.4) is 0 Å². The minimum Gasteiger partial charge on any atom is -0.267 e. The molecule has 0 aliphatic rings. The van der Waals surface area contributed by atoms with Crippen LogP contribution >= 0.6 is 0 Å². The summed E-state index contributed by atoms with van der Waals surface area (Å²) in [5.41, 5.74) is 1.21. The summed E-state index contributed by atoms with van der Waals surface area (Å²) < 4.78 is 19.9. The summed E-state index contributed by atoms with van der Waals surface area (Å²) in [7, 11) is -2.95. The van der Waals surface area contributed by atoms with Crippen molar-refractivity contribution in [2.24, 2.45) is 4.47 Å². The van der Waals surface area contributed by atoms with Gasteiger partial charge in [0.2, 0.25) is 0 Å². The zero-order valence-corrected chi connectivity index (χ0v) is 16.9. The molecule has 1 heterocycles. The van der Waals surface area contributed by atoms with Crippen molar-refractivity contribution in [1.29, 1.82) is 0 Å². The molecule has 0 saturated heterocycles. The van der Waals surface area contributed by atoms with Crippen LogP contribution in [0.2, 0.25) is 0 Å². The van der Waals surface area contributed by atoms with Gasteiger partial charge >= 0.3 is 0 Å². The lowest BCUT2D eigenvalue weighted by Gasteiger charge is -2.13. The lowest BCUT2D eigenvalue weighted by Crippen LogP contribution is -2.24. The summed E-state index contributed by atoms with van der Waals surface area (Å²) in [5, 5.41) is 0.461. The highest BCUT2D eigenvalue weighted by Gasteiger charge is 2.17. The van der Waals surface area contributed by atoms with Gasteiger partial charge in [0.1, 0.15) is 15.6 Å². The van der Waals surface area contributed by atoms with Gasteiger partial charge in [-0.15, -0.1) is 4.47 Å². The zero-order valence-electron chi connectivity index (χ0n) is 16.1. The van der Waals surface area contributed by atoms with Gasteiger partial charge in [-0.05, 0) is 29.8 Å². The van der Waals surface area contributed by atoms with Crippen LogP contribution in [0.4, 0.5) is 0 Å². The van der Waals surface area contributed by atoms with Gasteiger partial charge in [-0.2, -0.15) is 4.68 Å². The van der Waals surface area contributed by atoms with E-state index < -0.39 is 9.73 Å². The summed E-state index contributed by atoms with van der Waals surface area (Å²) in [5.74, 6) is 0.700. The first kappa shape index (κ1) is 19.1. The van der Waals surface area contributed by atoms with E-state index in [4.69, 9.17) is 0 Å². The van der Waals surface area contributed by atoms with Gasteiger partial charge < -0.3 is 0 Å². The third-order valence-electron chi connectivity index (χ3n) is 4.67. The molecular weight excluding hydrogens is 382 g/mol. The Balaban J connectivity index is 2.00. The molecule has 1 atom stereocenters. The molecule has 3 aromatic carbocycles. The molecule has 1 aromatic heterocycles. The fourth-order valence-electron chi connectivity index (χ4n) is 3.21. The Labute approximate surface area is 169 Å². The number of aromatic nitrogens is 2. The first-order valence-electron chi connectivity index (χ1n) is 9.45. The molecule has 0 aliphatic heterocycles.